The molecule has 0 aliphatic carbocycles. The number of hydrogen-bond donors (Lipinski definition) is 0. The Balaban J connectivity index is 3.29. The minimum absolute atomic E-state index is 0.369. The van der Waals surface area contributed by atoms with Crippen molar-refractivity contribution in [2.45, 2.75) is 18.7 Å². The zero-order chi connectivity index (χ0) is 10.2. The molecule has 0 fully saturated rings. The topological polar surface area (TPSA) is 0 Å². The quantitative estimate of drug-likeness (QED) is 0.484. The first-order valence-electron chi connectivity index (χ1n) is 3.66. The van der Waals surface area contributed by atoms with Crippen LogP contribution >= 0.6 is 46.4 Å². The second-order valence-corrected chi connectivity index (χ2v) is 5.36. The maximum absolute atomic E-state index is 6.09. The van der Waals surface area contributed by atoms with E-state index in [1.807, 2.05) is 13.8 Å². The lowest BCUT2D eigenvalue weighted by atomic mass is 10.0. The third-order valence-electron chi connectivity index (χ3n) is 1.67. The third-order valence-corrected chi connectivity index (χ3v) is 3.09. The van der Waals surface area contributed by atoms with Gasteiger partial charge < -0.3 is 0 Å². The van der Waals surface area contributed by atoms with Crippen LogP contribution in [0.3, 0.4) is 0 Å². The zero-order valence-electron chi connectivity index (χ0n) is 7.17. The number of rotatable bonds is 1. The van der Waals surface area contributed by atoms with E-state index in [9.17, 15) is 0 Å². The Kier molecular flexibility index (Phi) is 3.40. The highest BCUT2D eigenvalue weighted by Gasteiger charge is 2.19. The second kappa shape index (κ2) is 3.86. The first-order valence-corrected chi connectivity index (χ1v) is 5.17. The van der Waals surface area contributed by atoms with Crippen molar-refractivity contribution in [2.75, 3.05) is 0 Å². The van der Waals surface area contributed by atoms with E-state index in [1.165, 1.54) is 0 Å². The van der Waals surface area contributed by atoms with Crippen LogP contribution in [0.2, 0.25) is 15.1 Å². The Morgan fingerprint density at radius 2 is 1.38 bits per heavy atom. The average Bonchev–Trinajstić information content (AvgIpc) is 1.97. The predicted molar refractivity (Wildman–Crippen MR) is 60.4 cm³/mol. The smallest absolute Gasteiger partial charge is 0.0778 e. The number of benzene rings is 1. The van der Waals surface area contributed by atoms with E-state index in [-0.39, 0.29) is 0 Å². The van der Waals surface area contributed by atoms with Crippen LogP contribution in [-0.4, -0.2) is 0 Å². The van der Waals surface area contributed by atoms with Gasteiger partial charge in [-0.25, -0.2) is 0 Å². The van der Waals surface area contributed by atoms with Crippen LogP contribution in [0.25, 0.3) is 0 Å². The van der Waals surface area contributed by atoms with Crippen LogP contribution in [-0.2, 0) is 4.87 Å². The Labute approximate surface area is 97.7 Å². The van der Waals surface area contributed by atoms with E-state index >= 15 is 0 Å². The van der Waals surface area contributed by atoms with Crippen molar-refractivity contribution in [2.24, 2.45) is 0 Å². The van der Waals surface area contributed by atoms with Crippen molar-refractivity contribution >= 4 is 46.4 Å². The van der Waals surface area contributed by atoms with Crippen LogP contribution in [0, 0.1) is 0 Å². The van der Waals surface area contributed by atoms with Crippen molar-refractivity contribution in [3.05, 3.63) is 32.8 Å². The minimum Gasteiger partial charge on any atom is -0.115 e. The molecule has 0 radical (unpaired) electrons. The van der Waals surface area contributed by atoms with Gasteiger partial charge in [-0.3, -0.25) is 0 Å². The molecule has 0 bridgehead atoms. The van der Waals surface area contributed by atoms with Gasteiger partial charge in [0, 0.05) is 0 Å². The van der Waals surface area contributed by atoms with Gasteiger partial charge in [0.1, 0.15) is 0 Å². The van der Waals surface area contributed by atoms with Crippen molar-refractivity contribution < 1.29 is 0 Å². The van der Waals surface area contributed by atoms with Gasteiger partial charge in [-0.1, -0.05) is 34.8 Å². The molecule has 72 valence electrons. The summed E-state index contributed by atoms with van der Waals surface area (Å²) in [5, 5.41) is 1.23. The maximum Gasteiger partial charge on any atom is 0.0778 e. The van der Waals surface area contributed by atoms with E-state index in [1.54, 1.807) is 12.1 Å². The third kappa shape index (κ3) is 2.66. The first-order chi connectivity index (χ1) is 5.82. The van der Waals surface area contributed by atoms with E-state index < -0.39 is 4.87 Å². The van der Waals surface area contributed by atoms with Crippen LogP contribution < -0.4 is 0 Å². The summed E-state index contributed by atoms with van der Waals surface area (Å²) in [5.74, 6) is 0. The fraction of sp³-hybridized carbons (Fsp3) is 0.333. The largest absolute Gasteiger partial charge is 0.115 e. The number of halogens is 4. The molecular formula is C9H8Cl4. The van der Waals surface area contributed by atoms with Gasteiger partial charge in [0.2, 0.25) is 0 Å². The molecule has 1 aromatic carbocycles. The molecule has 13 heavy (non-hydrogen) atoms. The number of alkyl halides is 1. The molecular weight excluding hydrogens is 250 g/mol. The van der Waals surface area contributed by atoms with E-state index in [0.717, 1.165) is 5.56 Å². The Bertz CT molecular complexity index is 302. The summed E-state index contributed by atoms with van der Waals surface area (Å²) in [5.41, 5.74) is 0.855. The van der Waals surface area contributed by atoms with E-state index in [0.29, 0.717) is 15.1 Å². The van der Waals surface area contributed by atoms with Gasteiger partial charge in [0.15, 0.2) is 0 Å². The van der Waals surface area contributed by atoms with Gasteiger partial charge in [-0.05, 0) is 31.5 Å². The lowest BCUT2D eigenvalue weighted by Crippen LogP contribution is -2.07. The fourth-order valence-electron chi connectivity index (χ4n) is 0.899. The monoisotopic (exact) mass is 256 g/mol. The molecule has 0 aliphatic rings. The van der Waals surface area contributed by atoms with Crippen LogP contribution in [0.4, 0.5) is 0 Å². The SMILES string of the molecule is CC(C)(Cl)c1cc(Cl)c(Cl)c(Cl)c1. The molecule has 0 heterocycles. The minimum atomic E-state index is -0.488. The fourth-order valence-corrected chi connectivity index (χ4v) is 1.60. The van der Waals surface area contributed by atoms with Crippen LogP contribution in [0.15, 0.2) is 12.1 Å². The number of hydrogen-bond acceptors (Lipinski definition) is 0. The Morgan fingerprint density at radius 1 is 1.00 bits per heavy atom. The average molecular weight is 258 g/mol. The Hall–Kier alpha value is 0.380. The normalized spacial score (nSPS) is 11.8. The van der Waals surface area contributed by atoms with E-state index in [4.69, 9.17) is 46.4 Å². The highest BCUT2D eigenvalue weighted by atomic mass is 35.5. The van der Waals surface area contributed by atoms with Crippen molar-refractivity contribution in [3.8, 4) is 0 Å². The lowest BCUT2D eigenvalue weighted by Gasteiger charge is -2.17. The van der Waals surface area contributed by atoms with Gasteiger partial charge in [-0.15, -0.1) is 11.6 Å². The molecule has 0 spiro atoms. The summed E-state index contributed by atoms with van der Waals surface area (Å²) in [7, 11) is 0. The Morgan fingerprint density at radius 3 is 1.69 bits per heavy atom. The van der Waals surface area contributed by atoms with Crippen molar-refractivity contribution in [3.63, 3.8) is 0 Å². The maximum atomic E-state index is 6.09. The molecule has 0 amide bonds. The molecule has 4 heteroatoms. The predicted octanol–water partition coefficient (Wildman–Crippen LogP) is 5.12. The molecule has 1 aromatic rings. The molecule has 0 saturated carbocycles. The van der Waals surface area contributed by atoms with Crippen LogP contribution in [0.5, 0.6) is 0 Å². The molecule has 0 atom stereocenters. The summed E-state index contributed by atoms with van der Waals surface area (Å²) >= 11 is 23.6. The van der Waals surface area contributed by atoms with E-state index in [2.05, 4.69) is 0 Å². The molecule has 0 nitrogen and oxygen atoms in total. The zero-order valence-corrected chi connectivity index (χ0v) is 10.2. The lowest BCUT2D eigenvalue weighted by molar-refractivity contribution is 0.766. The summed E-state index contributed by atoms with van der Waals surface area (Å²) in [6.07, 6.45) is 0. The highest BCUT2D eigenvalue weighted by Crippen LogP contribution is 2.37. The molecule has 0 saturated heterocycles. The first kappa shape index (κ1) is 11.5. The molecule has 0 aliphatic heterocycles. The summed E-state index contributed by atoms with van der Waals surface area (Å²) in [4.78, 5) is -0.488. The van der Waals surface area contributed by atoms with Gasteiger partial charge >= 0.3 is 0 Å². The van der Waals surface area contributed by atoms with Crippen molar-refractivity contribution in [1.82, 2.24) is 0 Å². The van der Waals surface area contributed by atoms with Gasteiger partial charge in [0.25, 0.3) is 0 Å². The summed E-state index contributed by atoms with van der Waals surface area (Å²) in [6, 6.07) is 3.45. The van der Waals surface area contributed by atoms with Crippen LogP contribution in [0.1, 0.15) is 19.4 Å². The second-order valence-electron chi connectivity index (χ2n) is 3.23. The summed E-state index contributed by atoms with van der Waals surface area (Å²) < 4.78 is 0. The molecule has 0 unspecified atom stereocenters. The highest BCUT2D eigenvalue weighted by molar-refractivity contribution is 6.48. The summed E-state index contributed by atoms with van der Waals surface area (Å²) in [6.45, 7) is 3.73. The molecule has 0 aromatic heterocycles. The van der Waals surface area contributed by atoms with Gasteiger partial charge in [-0.2, -0.15) is 0 Å². The standard InChI is InChI=1S/C9H8Cl4/c1-9(2,13)5-3-6(10)8(12)7(11)4-5/h3-4H,1-2H3. The molecule has 0 N–H and O–H groups in total. The molecule has 1 rings (SSSR count). The van der Waals surface area contributed by atoms with Gasteiger partial charge in [0.05, 0.1) is 19.9 Å². The van der Waals surface area contributed by atoms with Crippen molar-refractivity contribution in [1.29, 1.82) is 0 Å².